The number of aliphatic carboxylic acids is 1. The maximum Gasteiger partial charge on any atom is 0.313 e. The molecule has 1 unspecified atom stereocenters. The van der Waals surface area contributed by atoms with Crippen molar-refractivity contribution in [3.8, 4) is 0 Å². The molecule has 11 heavy (non-hydrogen) atoms. The Labute approximate surface area is 65.2 Å². The smallest absolute Gasteiger partial charge is 0.313 e. The van der Waals surface area contributed by atoms with Crippen LogP contribution in [0.5, 0.6) is 0 Å². The lowest BCUT2D eigenvalue weighted by molar-refractivity contribution is -0.145. The Morgan fingerprint density at radius 1 is 1.55 bits per heavy atom. The van der Waals surface area contributed by atoms with Crippen molar-refractivity contribution in [3.63, 3.8) is 0 Å². The molecule has 64 valence electrons. The second kappa shape index (κ2) is 4.85. The van der Waals surface area contributed by atoms with Gasteiger partial charge < -0.3 is 9.84 Å². The van der Waals surface area contributed by atoms with Crippen LogP contribution in [0.4, 0.5) is 0 Å². The Bertz CT molecular complexity index is 153. The SMILES string of the molecule is COCCC(=O)C(C)C(=O)O. The summed E-state index contributed by atoms with van der Waals surface area (Å²) >= 11 is 0. The van der Waals surface area contributed by atoms with E-state index in [0.29, 0.717) is 0 Å². The standard InChI is InChI=1S/C7H12O4/c1-5(7(9)10)6(8)3-4-11-2/h5H,3-4H2,1-2H3,(H,9,10). The predicted octanol–water partition coefficient (Wildman–Crippen LogP) is 0.313. The molecule has 0 saturated heterocycles. The number of hydrogen-bond donors (Lipinski definition) is 1. The Morgan fingerprint density at radius 2 is 2.09 bits per heavy atom. The number of methoxy groups -OCH3 is 1. The van der Waals surface area contributed by atoms with Crippen molar-refractivity contribution < 1.29 is 19.4 Å². The third kappa shape index (κ3) is 3.72. The van der Waals surface area contributed by atoms with E-state index in [1.165, 1.54) is 14.0 Å². The number of carbonyl (C=O) groups excluding carboxylic acids is 1. The molecule has 0 rings (SSSR count). The van der Waals surface area contributed by atoms with Gasteiger partial charge in [-0.3, -0.25) is 9.59 Å². The van der Waals surface area contributed by atoms with Crippen LogP contribution in [0, 0.1) is 5.92 Å². The van der Waals surface area contributed by atoms with Crippen LogP contribution < -0.4 is 0 Å². The molecule has 0 aromatic rings. The van der Waals surface area contributed by atoms with E-state index >= 15 is 0 Å². The fourth-order valence-corrected chi connectivity index (χ4v) is 0.557. The number of ketones is 1. The van der Waals surface area contributed by atoms with Crippen LogP contribution in [0.25, 0.3) is 0 Å². The molecule has 4 heteroatoms. The maximum atomic E-state index is 10.9. The van der Waals surface area contributed by atoms with E-state index in [4.69, 9.17) is 5.11 Å². The summed E-state index contributed by atoms with van der Waals surface area (Å²) in [5, 5.41) is 8.39. The first-order valence-corrected chi connectivity index (χ1v) is 3.34. The molecule has 1 atom stereocenters. The molecule has 0 heterocycles. The van der Waals surface area contributed by atoms with Crippen LogP contribution in [0.15, 0.2) is 0 Å². The van der Waals surface area contributed by atoms with E-state index in [9.17, 15) is 9.59 Å². The topological polar surface area (TPSA) is 63.6 Å². The number of Topliss-reactive ketones (excluding diaryl/α,β-unsaturated/α-hetero) is 1. The van der Waals surface area contributed by atoms with Crippen molar-refractivity contribution in [2.75, 3.05) is 13.7 Å². The summed E-state index contributed by atoms with van der Waals surface area (Å²) in [5.41, 5.74) is 0. The molecule has 0 aromatic carbocycles. The zero-order chi connectivity index (χ0) is 8.85. The zero-order valence-corrected chi connectivity index (χ0v) is 6.66. The summed E-state index contributed by atoms with van der Waals surface area (Å²) in [5.74, 6) is -2.28. The van der Waals surface area contributed by atoms with Crippen LogP contribution in [-0.4, -0.2) is 30.6 Å². The van der Waals surface area contributed by atoms with Crippen LogP contribution in [0.1, 0.15) is 13.3 Å². The number of hydrogen-bond acceptors (Lipinski definition) is 3. The van der Waals surface area contributed by atoms with E-state index in [-0.39, 0.29) is 18.8 Å². The lowest BCUT2D eigenvalue weighted by atomic mass is 10.1. The van der Waals surface area contributed by atoms with E-state index in [2.05, 4.69) is 4.74 Å². The highest BCUT2D eigenvalue weighted by atomic mass is 16.5. The third-order valence-corrected chi connectivity index (χ3v) is 1.41. The normalized spacial score (nSPS) is 12.5. The number of carboxylic acids is 1. The lowest BCUT2D eigenvalue weighted by Gasteiger charge is -2.03. The van der Waals surface area contributed by atoms with Crippen LogP contribution in [0.2, 0.25) is 0 Å². The number of ether oxygens (including phenoxy) is 1. The highest BCUT2D eigenvalue weighted by Gasteiger charge is 2.19. The summed E-state index contributed by atoms with van der Waals surface area (Å²) in [6, 6.07) is 0. The average molecular weight is 160 g/mol. The van der Waals surface area contributed by atoms with Gasteiger partial charge in [0.15, 0.2) is 0 Å². The lowest BCUT2D eigenvalue weighted by Crippen LogP contribution is -2.21. The molecule has 1 N–H and O–H groups in total. The monoisotopic (exact) mass is 160 g/mol. The van der Waals surface area contributed by atoms with Crippen molar-refractivity contribution in [2.45, 2.75) is 13.3 Å². The first-order valence-electron chi connectivity index (χ1n) is 3.34. The van der Waals surface area contributed by atoms with Crippen molar-refractivity contribution >= 4 is 11.8 Å². The maximum absolute atomic E-state index is 10.9. The van der Waals surface area contributed by atoms with Crippen LogP contribution >= 0.6 is 0 Å². The molecule has 0 aliphatic heterocycles. The van der Waals surface area contributed by atoms with E-state index in [0.717, 1.165) is 0 Å². The number of carboxylic acid groups (broad SMARTS) is 1. The summed E-state index contributed by atoms with van der Waals surface area (Å²) in [7, 11) is 1.47. The van der Waals surface area contributed by atoms with Gasteiger partial charge in [-0.25, -0.2) is 0 Å². The first kappa shape index (κ1) is 10.1. The van der Waals surface area contributed by atoms with Gasteiger partial charge in [0.25, 0.3) is 0 Å². The highest BCUT2D eigenvalue weighted by molar-refractivity contribution is 5.97. The van der Waals surface area contributed by atoms with Gasteiger partial charge >= 0.3 is 5.97 Å². The molecule has 0 aliphatic rings. The van der Waals surface area contributed by atoms with Gasteiger partial charge in [-0.05, 0) is 6.92 Å². The summed E-state index contributed by atoms with van der Waals surface area (Å²) in [4.78, 5) is 21.1. The number of carbonyl (C=O) groups is 2. The van der Waals surface area contributed by atoms with Crippen LogP contribution in [-0.2, 0) is 14.3 Å². The van der Waals surface area contributed by atoms with E-state index in [1.54, 1.807) is 0 Å². The zero-order valence-electron chi connectivity index (χ0n) is 6.66. The molecule has 0 fully saturated rings. The molecule has 0 saturated carbocycles. The fraction of sp³-hybridized carbons (Fsp3) is 0.714. The van der Waals surface area contributed by atoms with Gasteiger partial charge in [0.1, 0.15) is 11.7 Å². The minimum atomic E-state index is -1.08. The number of rotatable bonds is 5. The van der Waals surface area contributed by atoms with Crippen molar-refractivity contribution in [3.05, 3.63) is 0 Å². The van der Waals surface area contributed by atoms with Gasteiger partial charge in [-0.2, -0.15) is 0 Å². The van der Waals surface area contributed by atoms with Gasteiger partial charge in [0.2, 0.25) is 0 Å². The molecule has 0 spiro atoms. The summed E-state index contributed by atoms with van der Waals surface area (Å²) in [6.07, 6.45) is 0.171. The second-order valence-electron chi connectivity index (χ2n) is 2.27. The molecule has 0 amide bonds. The average Bonchev–Trinajstić information content (AvgIpc) is 1.98. The second-order valence-corrected chi connectivity index (χ2v) is 2.27. The molecule has 0 aliphatic carbocycles. The minimum absolute atomic E-state index is 0.171. The van der Waals surface area contributed by atoms with Crippen molar-refractivity contribution in [1.29, 1.82) is 0 Å². The molecule has 0 radical (unpaired) electrons. The van der Waals surface area contributed by atoms with Gasteiger partial charge in [0.05, 0.1) is 6.61 Å². The Hall–Kier alpha value is -0.900. The summed E-state index contributed by atoms with van der Waals surface area (Å²) in [6.45, 7) is 1.66. The van der Waals surface area contributed by atoms with Crippen molar-refractivity contribution in [2.24, 2.45) is 5.92 Å². The largest absolute Gasteiger partial charge is 0.481 e. The molecule has 4 nitrogen and oxygen atoms in total. The van der Waals surface area contributed by atoms with Crippen LogP contribution in [0.3, 0.4) is 0 Å². The van der Waals surface area contributed by atoms with Gasteiger partial charge in [-0.15, -0.1) is 0 Å². The quantitative estimate of drug-likeness (QED) is 0.588. The third-order valence-electron chi connectivity index (χ3n) is 1.41. The Balaban J connectivity index is 3.74. The predicted molar refractivity (Wildman–Crippen MR) is 38.3 cm³/mol. The minimum Gasteiger partial charge on any atom is -0.481 e. The Morgan fingerprint density at radius 3 is 2.45 bits per heavy atom. The highest BCUT2D eigenvalue weighted by Crippen LogP contribution is 2.00. The molecule has 0 bridgehead atoms. The Kier molecular flexibility index (Phi) is 4.45. The fourth-order valence-electron chi connectivity index (χ4n) is 0.557. The van der Waals surface area contributed by atoms with E-state index in [1.807, 2.05) is 0 Å². The van der Waals surface area contributed by atoms with E-state index < -0.39 is 11.9 Å². The molecular formula is C7H12O4. The van der Waals surface area contributed by atoms with Gasteiger partial charge in [-0.1, -0.05) is 0 Å². The van der Waals surface area contributed by atoms with Gasteiger partial charge in [0, 0.05) is 13.5 Å². The molecular weight excluding hydrogens is 148 g/mol. The first-order chi connectivity index (χ1) is 5.09. The molecule has 0 aromatic heterocycles. The summed E-state index contributed by atoms with van der Waals surface area (Å²) < 4.78 is 4.63. The van der Waals surface area contributed by atoms with Crippen molar-refractivity contribution in [1.82, 2.24) is 0 Å².